The first kappa shape index (κ1) is 27.2. The normalized spacial score (nSPS) is 13.4. The fourth-order valence-corrected chi connectivity index (χ4v) is 8.28. The van der Waals surface area contributed by atoms with Gasteiger partial charge in [0.15, 0.2) is 0 Å². The minimum absolute atomic E-state index is 0.121. The zero-order chi connectivity index (χ0) is 32.0. The van der Waals surface area contributed by atoms with E-state index in [2.05, 4.69) is 176 Å². The summed E-state index contributed by atoms with van der Waals surface area (Å²) < 4.78 is 2.26. The molecule has 0 amide bonds. The van der Waals surface area contributed by atoms with E-state index in [1.807, 2.05) is 0 Å². The molecule has 0 atom stereocenters. The van der Waals surface area contributed by atoms with Gasteiger partial charge in [0.1, 0.15) is 5.82 Å². The van der Waals surface area contributed by atoms with Crippen LogP contribution in [0.15, 0.2) is 158 Å². The summed E-state index contributed by atoms with van der Waals surface area (Å²) in [5, 5.41) is 7.91. The Hall–Kier alpha value is -5.99. The minimum Gasteiger partial charge on any atom is -0.292 e. The van der Waals surface area contributed by atoms with Gasteiger partial charge in [-0.25, -0.2) is 4.98 Å². The summed E-state index contributed by atoms with van der Waals surface area (Å²) in [6.07, 6.45) is 0. The summed E-state index contributed by atoms with van der Waals surface area (Å²) in [5.74, 6) is 0.949. The van der Waals surface area contributed by atoms with Crippen LogP contribution in [0, 0.1) is 0 Å². The number of rotatable bonds is 3. The molecule has 1 aliphatic carbocycles. The van der Waals surface area contributed by atoms with Crippen molar-refractivity contribution in [3.63, 3.8) is 0 Å². The molecule has 0 aliphatic heterocycles. The zero-order valence-corrected chi connectivity index (χ0v) is 26.9. The molecule has 0 saturated carbocycles. The molecule has 0 bridgehead atoms. The van der Waals surface area contributed by atoms with Crippen LogP contribution in [0.1, 0.15) is 25.0 Å². The van der Waals surface area contributed by atoms with E-state index in [0.717, 1.165) is 28.1 Å². The molecule has 1 aliphatic rings. The van der Waals surface area contributed by atoms with Crippen molar-refractivity contribution >= 4 is 43.4 Å². The van der Waals surface area contributed by atoms with Gasteiger partial charge in [-0.1, -0.05) is 129 Å². The Bertz CT molecular complexity index is 2730. The number of imidazole rings is 1. The lowest BCUT2D eigenvalue weighted by atomic mass is 9.79. The fraction of sp³-hybridized carbons (Fsp3) is 0.0652. The van der Waals surface area contributed by atoms with Crippen LogP contribution in [0.2, 0.25) is 0 Å². The third-order valence-corrected chi connectivity index (χ3v) is 10.5. The van der Waals surface area contributed by atoms with Crippen molar-refractivity contribution in [1.82, 2.24) is 9.55 Å². The number of para-hydroxylation sites is 3. The predicted octanol–water partition coefficient (Wildman–Crippen LogP) is 12.1. The Morgan fingerprint density at radius 1 is 0.500 bits per heavy atom. The van der Waals surface area contributed by atoms with Gasteiger partial charge < -0.3 is 0 Å². The summed E-state index contributed by atoms with van der Waals surface area (Å²) >= 11 is 0. The highest BCUT2D eigenvalue weighted by Crippen LogP contribution is 2.55. The molecule has 2 nitrogen and oxygen atoms in total. The lowest BCUT2D eigenvalue weighted by Crippen LogP contribution is -2.15. The molecule has 226 valence electrons. The van der Waals surface area contributed by atoms with Crippen molar-refractivity contribution in [2.45, 2.75) is 19.3 Å². The zero-order valence-electron chi connectivity index (χ0n) is 26.9. The van der Waals surface area contributed by atoms with Crippen LogP contribution < -0.4 is 0 Å². The molecule has 0 fully saturated rings. The first-order valence-electron chi connectivity index (χ1n) is 16.7. The maximum Gasteiger partial charge on any atom is 0.145 e. The standard InChI is InChI=1S/C46H32N2/c1-46(2)40-28-33-26-31(24-25-32(33)27-39(40)43-37-16-8-6-14-35(37)36-15-7-9-17-38(36)44(43)46)29-20-22-30(23-21-29)45-47-41-18-10-11-19-42(41)48(45)34-12-4-3-5-13-34/h3-28H,1-2H3. The number of nitrogens with zero attached hydrogens (tertiary/aromatic N) is 2. The van der Waals surface area contributed by atoms with Gasteiger partial charge in [0.2, 0.25) is 0 Å². The lowest BCUT2D eigenvalue weighted by Gasteiger charge is -2.24. The molecule has 0 radical (unpaired) electrons. The van der Waals surface area contributed by atoms with E-state index in [1.54, 1.807) is 0 Å². The largest absolute Gasteiger partial charge is 0.292 e. The lowest BCUT2D eigenvalue weighted by molar-refractivity contribution is 0.667. The van der Waals surface area contributed by atoms with Crippen LogP contribution in [-0.2, 0) is 5.41 Å². The van der Waals surface area contributed by atoms with Crippen LogP contribution in [0.25, 0.3) is 82.7 Å². The Kier molecular flexibility index (Phi) is 5.66. The predicted molar refractivity (Wildman–Crippen MR) is 202 cm³/mol. The molecule has 9 aromatic rings. The van der Waals surface area contributed by atoms with Crippen LogP contribution in [0.5, 0.6) is 0 Å². The third-order valence-electron chi connectivity index (χ3n) is 10.5. The van der Waals surface area contributed by atoms with Gasteiger partial charge in [0.05, 0.1) is 11.0 Å². The highest BCUT2D eigenvalue weighted by molar-refractivity contribution is 6.19. The van der Waals surface area contributed by atoms with E-state index >= 15 is 0 Å². The number of hydrogen-bond acceptors (Lipinski definition) is 1. The van der Waals surface area contributed by atoms with Crippen molar-refractivity contribution in [2.75, 3.05) is 0 Å². The second-order valence-electron chi connectivity index (χ2n) is 13.6. The summed E-state index contributed by atoms with van der Waals surface area (Å²) in [6.45, 7) is 4.80. The summed E-state index contributed by atoms with van der Waals surface area (Å²) in [7, 11) is 0. The summed E-state index contributed by atoms with van der Waals surface area (Å²) in [4.78, 5) is 5.07. The van der Waals surface area contributed by atoms with Crippen LogP contribution in [-0.4, -0.2) is 9.55 Å². The third kappa shape index (κ3) is 3.83. The van der Waals surface area contributed by atoms with Crippen LogP contribution in [0.4, 0.5) is 0 Å². The molecule has 0 unspecified atom stereocenters. The molecule has 1 heterocycles. The Labute approximate surface area is 279 Å². The number of benzene rings is 8. The monoisotopic (exact) mass is 612 g/mol. The van der Waals surface area contributed by atoms with Crippen molar-refractivity contribution in [3.8, 4) is 39.3 Å². The molecule has 1 aromatic heterocycles. The fourth-order valence-electron chi connectivity index (χ4n) is 8.28. The van der Waals surface area contributed by atoms with Gasteiger partial charge in [0.25, 0.3) is 0 Å². The van der Waals surface area contributed by atoms with E-state index in [0.29, 0.717) is 0 Å². The van der Waals surface area contributed by atoms with Crippen LogP contribution in [0.3, 0.4) is 0 Å². The maximum atomic E-state index is 5.07. The van der Waals surface area contributed by atoms with E-state index < -0.39 is 0 Å². The molecule has 0 saturated heterocycles. The quantitative estimate of drug-likeness (QED) is 0.182. The molecule has 48 heavy (non-hydrogen) atoms. The smallest absolute Gasteiger partial charge is 0.145 e. The van der Waals surface area contributed by atoms with Crippen molar-refractivity contribution in [3.05, 3.63) is 169 Å². The summed E-state index contributed by atoms with van der Waals surface area (Å²) in [6, 6.07) is 57.4. The van der Waals surface area contributed by atoms with Gasteiger partial charge >= 0.3 is 0 Å². The molecule has 10 rings (SSSR count). The number of hydrogen-bond donors (Lipinski definition) is 0. The average molecular weight is 613 g/mol. The van der Waals surface area contributed by atoms with Gasteiger partial charge in [-0.15, -0.1) is 0 Å². The minimum atomic E-state index is -0.121. The second kappa shape index (κ2) is 10.0. The van der Waals surface area contributed by atoms with Crippen molar-refractivity contribution in [2.24, 2.45) is 0 Å². The first-order valence-corrected chi connectivity index (χ1v) is 16.7. The number of fused-ring (bicyclic) bond motifs is 10. The molecule has 2 heteroatoms. The molecule has 0 N–H and O–H groups in total. The van der Waals surface area contributed by atoms with Crippen molar-refractivity contribution < 1.29 is 0 Å². The van der Waals surface area contributed by atoms with E-state index in [4.69, 9.17) is 4.98 Å². The summed E-state index contributed by atoms with van der Waals surface area (Å²) in [5.41, 5.74) is 12.2. The average Bonchev–Trinajstić information content (AvgIpc) is 3.64. The highest BCUT2D eigenvalue weighted by Gasteiger charge is 2.38. The van der Waals surface area contributed by atoms with Gasteiger partial charge in [0, 0.05) is 16.7 Å². The van der Waals surface area contributed by atoms with Crippen LogP contribution >= 0.6 is 0 Å². The Balaban J connectivity index is 1.09. The van der Waals surface area contributed by atoms with E-state index in [9.17, 15) is 0 Å². The van der Waals surface area contributed by atoms with Gasteiger partial charge in [-0.05, 0) is 108 Å². The topological polar surface area (TPSA) is 17.8 Å². The number of aromatic nitrogens is 2. The molecule has 0 spiro atoms. The SMILES string of the molecule is CC1(C)c2cc3cc(-c4ccc(-c5nc6ccccc6n5-c5ccccc5)cc4)ccc3cc2-c2c1c1ccccc1c1ccccc21. The van der Waals surface area contributed by atoms with Crippen molar-refractivity contribution in [1.29, 1.82) is 0 Å². The van der Waals surface area contributed by atoms with Gasteiger partial charge in [-0.2, -0.15) is 0 Å². The highest BCUT2D eigenvalue weighted by atomic mass is 15.1. The van der Waals surface area contributed by atoms with Gasteiger partial charge in [-0.3, -0.25) is 4.57 Å². The first-order chi connectivity index (χ1) is 23.6. The van der Waals surface area contributed by atoms with E-state index in [-0.39, 0.29) is 5.41 Å². The molecule has 8 aromatic carbocycles. The maximum absolute atomic E-state index is 5.07. The molecular weight excluding hydrogens is 581 g/mol. The second-order valence-corrected chi connectivity index (χ2v) is 13.6. The molecular formula is C46H32N2. The Morgan fingerprint density at radius 2 is 1.12 bits per heavy atom. The Morgan fingerprint density at radius 3 is 1.92 bits per heavy atom. The van der Waals surface area contributed by atoms with E-state index in [1.165, 1.54) is 65.7 Å².